The number of benzene rings is 1. The predicted octanol–water partition coefficient (Wildman–Crippen LogP) is 5.30. The minimum absolute atomic E-state index is 0.0973. The lowest BCUT2D eigenvalue weighted by atomic mass is 9.84. The molecule has 0 saturated carbocycles. The first-order valence-corrected chi connectivity index (χ1v) is 10.0. The molecule has 0 bridgehead atoms. The van der Waals surface area contributed by atoms with E-state index in [1.165, 1.54) is 27.7 Å². The number of aromatic nitrogens is 2. The van der Waals surface area contributed by atoms with Crippen molar-refractivity contribution in [2.45, 2.75) is 53.7 Å². The fourth-order valence-corrected chi connectivity index (χ4v) is 3.94. The lowest BCUT2D eigenvalue weighted by Gasteiger charge is -2.23. The first kappa shape index (κ1) is 20.6. The largest absolute Gasteiger partial charge is 0.396 e. The van der Waals surface area contributed by atoms with Gasteiger partial charge >= 0.3 is 0 Å². The maximum atomic E-state index is 9.95. The molecule has 0 aliphatic heterocycles. The SMILES string of the molecule is CCn1c(-c2cccnc2[C@H](C)OC)c(CC(C)(C)CO)c2cc(C)ccc21. The monoisotopic (exact) mass is 380 g/mol. The number of hydrogen-bond acceptors (Lipinski definition) is 3. The summed E-state index contributed by atoms with van der Waals surface area (Å²) < 4.78 is 7.99. The van der Waals surface area contributed by atoms with E-state index in [4.69, 9.17) is 4.74 Å². The standard InChI is InChI=1S/C24H32N2O2/c1-7-26-21-11-10-16(2)13-19(21)20(14-24(4,5)15-27)23(26)18-9-8-12-25-22(18)17(3)28-6/h8-13,17,27H,7,14-15H2,1-6H3/t17-/m0/s1. The Hall–Kier alpha value is -2.17. The molecule has 28 heavy (non-hydrogen) atoms. The van der Waals surface area contributed by atoms with E-state index in [9.17, 15) is 5.11 Å². The van der Waals surface area contributed by atoms with Gasteiger partial charge in [-0.15, -0.1) is 0 Å². The summed E-state index contributed by atoms with van der Waals surface area (Å²) in [7, 11) is 1.72. The van der Waals surface area contributed by atoms with Crippen molar-refractivity contribution in [3.05, 3.63) is 53.3 Å². The number of aryl methyl sites for hydroxylation is 2. The third-order valence-corrected chi connectivity index (χ3v) is 5.56. The average molecular weight is 381 g/mol. The molecule has 3 rings (SSSR count). The Morgan fingerprint density at radius 3 is 2.64 bits per heavy atom. The summed E-state index contributed by atoms with van der Waals surface area (Å²) in [5, 5.41) is 11.2. The molecular weight excluding hydrogens is 348 g/mol. The quantitative estimate of drug-likeness (QED) is 0.605. The summed E-state index contributed by atoms with van der Waals surface area (Å²) in [5.74, 6) is 0. The zero-order valence-corrected chi connectivity index (χ0v) is 17.9. The van der Waals surface area contributed by atoms with Crippen molar-refractivity contribution in [3.8, 4) is 11.3 Å². The Labute approximate surface area is 168 Å². The highest BCUT2D eigenvalue weighted by molar-refractivity contribution is 5.93. The van der Waals surface area contributed by atoms with Gasteiger partial charge in [0.25, 0.3) is 0 Å². The fourth-order valence-electron chi connectivity index (χ4n) is 3.94. The Morgan fingerprint density at radius 2 is 2.00 bits per heavy atom. The van der Waals surface area contributed by atoms with Crippen molar-refractivity contribution >= 4 is 10.9 Å². The molecule has 0 unspecified atom stereocenters. The van der Waals surface area contributed by atoms with Crippen LogP contribution in [0.1, 0.15) is 50.6 Å². The number of aliphatic hydroxyl groups excluding tert-OH is 1. The van der Waals surface area contributed by atoms with Crippen LogP contribution in [0.3, 0.4) is 0 Å². The van der Waals surface area contributed by atoms with Gasteiger partial charge in [-0.05, 0) is 62.4 Å². The van der Waals surface area contributed by atoms with Crippen LogP contribution in [0.25, 0.3) is 22.2 Å². The second kappa shape index (κ2) is 8.06. The number of nitrogens with zero attached hydrogens (tertiary/aromatic N) is 2. The smallest absolute Gasteiger partial charge is 0.0969 e. The van der Waals surface area contributed by atoms with Crippen LogP contribution in [-0.4, -0.2) is 28.4 Å². The molecule has 0 fully saturated rings. The molecular formula is C24H32N2O2. The van der Waals surface area contributed by atoms with Crippen molar-refractivity contribution in [2.24, 2.45) is 5.41 Å². The van der Waals surface area contributed by atoms with Gasteiger partial charge in [-0.1, -0.05) is 25.5 Å². The highest BCUT2D eigenvalue weighted by Gasteiger charge is 2.27. The fraction of sp³-hybridized carbons (Fsp3) is 0.458. The molecule has 4 heteroatoms. The summed E-state index contributed by atoms with van der Waals surface area (Å²) in [6.45, 7) is 11.6. The topological polar surface area (TPSA) is 47.3 Å². The first-order chi connectivity index (χ1) is 13.3. The van der Waals surface area contributed by atoms with Crippen LogP contribution >= 0.6 is 0 Å². The summed E-state index contributed by atoms with van der Waals surface area (Å²) in [4.78, 5) is 4.66. The highest BCUT2D eigenvalue weighted by Crippen LogP contribution is 2.40. The van der Waals surface area contributed by atoms with Gasteiger partial charge in [-0.2, -0.15) is 0 Å². The van der Waals surface area contributed by atoms with Crippen molar-refractivity contribution < 1.29 is 9.84 Å². The Morgan fingerprint density at radius 1 is 1.25 bits per heavy atom. The molecule has 2 aromatic heterocycles. The van der Waals surface area contributed by atoms with E-state index < -0.39 is 0 Å². The molecule has 0 aliphatic carbocycles. The van der Waals surface area contributed by atoms with Crippen molar-refractivity contribution in [1.29, 1.82) is 0 Å². The van der Waals surface area contributed by atoms with E-state index in [-0.39, 0.29) is 18.1 Å². The molecule has 3 aromatic rings. The molecule has 150 valence electrons. The number of hydrogen-bond donors (Lipinski definition) is 1. The van der Waals surface area contributed by atoms with Crippen LogP contribution < -0.4 is 0 Å². The average Bonchev–Trinajstić information content (AvgIpc) is 2.99. The van der Waals surface area contributed by atoms with Gasteiger partial charge in [-0.25, -0.2) is 0 Å². The number of pyridine rings is 1. The minimum atomic E-state index is -0.208. The summed E-state index contributed by atoms with van der Waals surface area (Å²) >= 11 is 0. The number of methoxy groups -OCH3 is 1. The van der Waals surface area contributed by atoms with Gasteiger partial charge in [0.1, 0.15) is 0 Å². The van der Waals surface area contributed by atoms with E-state index in [0.717, 1.165) is 24.2 Å². The van der Waals surface area contributed by atoms with E-state index in [1.807, 2.05) is 19.2 Å². The number of rotatable bonds is 7. The number of aliphatic hydroxyl groups is 1. The first-order valence-electron chi connectivity index (χ1n) is 10.0. The lowest BCUT2D eigenvalue weighted by molar-refractivity contribution is 0.116. The van der Waals surface area contributed by atoms with E-state index in [0.29, 0.717) is 0 Å². The summed E-state index contributed by atoms with van der Waals surface area (Å²) in [6.07, 6.45) is 2.52. The molecule has 0 radical (unpaired) electrons. The number of fused-ring (bicyclic) bond motifs is 1. The maximum Gasteiger partial charge on any atom is 0.0969 e. The maximum absolute atomic E-state index is 9.95. The van der Waals surface area contributed by atoms with Crippen LogP contribution in [0.4, 0.5) is 0 Å². The van der Waals surface area contributed by atoms with Crippen molar-refractivity contribution in [2.75, 3.05) is 13.7 Å². The van der Waals surface area contributed by atoms with Gasteiger partial charge < -0.3 is 14.4 Å². The molecule has 1 aromatic carbocycles. The second-order valence-corrected chi connectivity index (χ2v) is 8.41. The lowest BCUT2D eigenvalue weighted by Crippen LogP contribution is -2.20. The minimum Gasteiger partial charge on any atom is -0.396 e. The van der Waals surface area contributed by atoms with Crippen LogP contribution in [0.2, 0.25) is 0 Å². The Kier molecular flexibility index (Phi) is 5.92. The Bertz CT molecular complexity index is 972. The van der Waals surface area contributed by atoms with E-state index in [1.54, 1.807) is 7.11 Å². The normalized spacial score (nSPS) is 13.2. The van der Waals surface area contributed by atoms with Gasteiger partial charge in [0.2, 0.25) is 0 Å². The summed E-state index contributed by atoms with van der Waals surface area (Å²) in [6, 6.07) is 10.8. The van der Waals surface area contributed by atoms with Crippen molar-refractivity contribution in [1.82, 2.24) is 9.55 Å². The molecule has 4 nitrogen and oxygen atoms in total. The second-order valence-electron chi connectivity index (χ2n) is 8.41. The summed E-state index contributed by atoms with van der Waals surface area (Å²) in [5.41, 5.74) is 6.78. The molecule has 1 atom stereocenters. The van der Waals surface area contributed by atoms with Crippen LogP contribution in [0.5, 0.6) is 0 Å². The van der Waals surface area contributed by atoms with Gasteiger partial charge in [-0.3, -0.25) is 4.98 Å². The van der Waals surface area contributed by atoms with Crippen LogP contribution in [0, 0.1) is 12.3 Å². The van der Waals surface area contributed by atoms with Gasteiger partial charge in [0.05, 0.1) is 17.5 Å². The highest BCUT2D eigenvalue weighted by atomic mass is 16.5. The molecule has 1 N–H and O–H groups in total. The molecule has 2 heterocycles. The Balaban J connectivity index is 2.39. The molecule has 0 spiro atoms. The van der Waals surface area contributed by atoms with E-state index >= 15 is 0 Å². The zero-order chi connectivity index (χ0) is 20.5. The third-order valence-electron chi connectivity index (χ3n) is 5.56. The predicted molar refractivity (Wildman–Crippen MR) is 116 cm³/mol. The van der Waals surface area contributed by atoms with E-state index in [2.05, 4.69) is 61.5 Å². The zero-order valence-electron chi connectivity index (χ0n) is 17.9. The van der Waals surface area contributed by atoms with Gasteiger partial charge in [0.15, 0.2) is 0 Å². The molecule has 0 saturated heterocycles. The third kappa shape index (κ3) is 3.71. The number of ether oxygens (including phenoxy) is 1. The van der Waals surface area contributed by atoms with Crippen LogP contribution in [0.15, 0.2) is 36.5 Å². The molecule has 0 amide bonds. The van der Waals surface area contributed by atoms with Crippen molar-refractivity contribution in [3.63, 3.8) is 0 Å². The van der Waals surface area contributed by atoms with Gasteiger partial charge in [0, 0.05) is 42.9 Å². The molecule has 0 aliphatic rings. The van der Waals surface area contributed by atoms with Crippen LogP contribution in [-0.2, 0) is 17.7 Å².